The highest BCUT2D eigenvalue weighted by Crippen LogP contribution is 2.44. The molecule has 0 aromatic heterocycles. The molecule has 2 heterocycles. The first kappa shape index (κ1) is 11.8. The number of rotatable bonds is 2. The van der Waals surface area contributed by atoms with Crippen LogP contribution in [0.5, 0.6) is 0 Å². The molecule has 96 valence electrons. The Morgan fingerprint density at radius 1 is 1.17 bits per heavy atom. The molecule has 18 heavy (non-hydrogen) atoms. The number of amides is 1. The van der Waals surface area contributed by atoms with Crippen molar-refractivity contribution >= 4 is 5.91 Å². The van der Waals surface area contributed by atoms with Gasteiger partial charge < -0.3 is 4.90 Å². The van der Waals surface area contributed by atoms with E-state index in [9.17, 15) is 4.79 Å². The van der Waals surface area contributed by atoms with Crippen LogP contribution in [0, 0.1) is 5.92 Å². The van der Waals surface area contributed by atoms with Gasteiger partial charge in [-0.2, -0.15) is 0 Å². The Labute approximate surface area is 109 Å². The molecule has 2 aliphatic rings. The van der Waals surface area contributed by atoms with Gasteiger partial charge in [0.2, 0.25) is 5.91 Å². The Balaban J connectivity index is 1.88. The SMILES string of the molecule is CC(C)C1CCC2C(c3ccccc3)CC(=O)N12. The van der Waals surface area contributed by atoms with E-state index in [1.807, 2.05) is 6.07 Å². The predicted octanol–water partition coefficient (Wildman–Crippen LogP) is 3.19. The van der Waals surface area contributed by atoms with Gasteiger partial charge in [-0.15, -0.1) is 0 Å². The van der Waals surface area contributed by atoms with Crippen molar-refractivity contribution in [3.63, 3.8) is 0 Å². The predicted molar refractivity (Wildman–Crippen MR) is 72.3 cm³/mol. The van der Waals surface area contributed by atoms with Gasteiger partial charge in [-0.05, 0) is 24.3 Å². The molecule has 0 saturated carbocycles. The van der Waals surface area contributed by atoms with E-state index in [0.29, 0.717) is 36.2 Å². The minimum atomic E-state index is 0.366. The molecule has 1 aromatic rings. The summed E-state index contributed by atoms with van der Waals surface area (Å²) in [4.78, 5) is 14.5. The highest BCUT2D eigenvalue weighted by atomic mass is 16.2. The van der Waals surface area contributed by atoms with Crippen LogP contribution in [0.3, 0.4) is 0 Å². The standard InChI is InChI=1S/C16H21NO/c1-11(2)14-8-9-15-13(10-16(18)17(14)15)12-6-4-3-5-7-12/h3-7,11,13-15H,8-10H2,1-2H3. The molecule has 3 unspecified atom stereocenters. The van der Waals surface area contributed by atoms with Crippen LogP contribution in [0.15, 0.2) is 30.3 Å². The molecule has 0 N–H and O–H groups in total. The lowest BCUT2D eigenvalue weighted by molar-refractivity contribution is -0.130. The highest BCUT2D eigenvalue weighted by Gasteiger charge is 2.48. The van der Waals surface area contributed by atoms with Gasteiger partial charge in [-0.1, -0.05) is 44.2 Å². The van der Waals surface area contributed by atoms with E-state index in [0.717, 1.165) is 0 Å². The monoisotopic (exact) mass is 243 g/mol. The quantitative estimate of drug-likeness (QED) is 0.781. The fraction of sp³-hybridized carbons (Fsp3) is 0.562. The first-order valence-electron chi connectivity index (χ1n) is 7.04. The Kier molecular flexibility index (Phi) is 2.89. The number of nitrogens with zero attached hydrogens (tertiary/aromatic N) is 1. The van der Waals surface area contributed by atoms with Crippen LogP contribution in [0.4, 0.5) is 0 Å². The Bertz CT molecular complexity index is 440. The van der Waals surface area contributed by atoms with E-state index >= 15 is 0 Å². The van der Waals surface area contributed by atoms with Crippen molar-refractivity contribution in [3.8, 4) is 0 Å². The number of fused-ring (bicyclic) bond motifs is 1. The highest BCUT2D eigenvalue weighted by molar-refractivity contribution is 5.81. The van der Waals surface area contributed by atoms with Crippen molar-refractivity contribution in [2.75, 3.05) is 0 Å². The summed E-state index contributed by atoms with van der Waals surface area (Å²) in [5.41, 5.74) is 1.34. The van der Waals surface area contributed by atoms with E-state index < -0.39 is 0 Å². The second-order valence-electron chi connectivity index (χ2n) is 5.98. The van der Waals surface area contributed by atoms with Crippen molar-refractivity contribution in [1.82, 2.24) is 4.90 Å². The molecule has 3 rings (SSSR count). The summed E-state index contributed by atoms with van der Waals surface area (Å²) < 4.78 is 0. The number of carbonyl (C=O) groups excluding carboxylic acids is 1. The fourth-order valence-electron chi connectivity index (χ4n) is 3.75. The summed E-state index contributed by atoms with van der Waals surface area (Å²) in [5.74, 6) is 1.36. The summed E-state index contributed by atoms with van der Waals surface area (Å²) in [6, 6.07) is 11.5. The zero-order chi connectivity index (χ0) is 12.7. The molecule has 2 fully saturated rings. The number of carbonyl (C=O) groups is 1. The van der Waals surface area contributed by atoms with Crippen LogP contribution in [0.25, 0.3) is 0 Å². The first-order valence-corrected chi connectivity index (χ1v) is 7.04. The van der Waals surface area contributed by atoms with Crippen molar-refractivity contribution < 1.29 is 4.79 Å². The maximum atomic E-state index is 12.3. The molecular weight excluding hydrogens is 222 g/mol. The average Bonchev–Trinajstić information content (AvgIpc) is 2.92. The average molecular weight is 243 g/mol. The van der Waals surface area contributed by atoms with Gasteiger partial charge in [0.05, 0.1) is 0 Å². The third-order valence-electron chi connectivity index (χ3n) is 4.62. The van der Waals surface area contributed by atoms with Crippen LogP contribution in [0.2, 0.25) is 0 Å². The van der Waals surface area contributed by atoms with Gasteiger partial charge in [0.25, 0.3) is 0 Å². The molecular formula is C16H21NO. The van der Waals surface area contributed by atoms with E-state index in [2.05, 4.69) is 43.0 Å². The Hall–Kier alpha value is -1.31. The van der Waals surface area contributed by atoms with Crippen LogP contribution >= 0.6 is 0 Å². The largest absolute Gasteiger partial charge is 0.336 e. The maximum Gasteiger partial charge on any atom is 0.223 e. The number of hydrogen-bond donors (Lipinski definition) is 0. The zero-order valence-electron chi connectivity index (χ0n) is 11.2. The summed E-state index contributed by atoms with van der Waals surface area (Å²) in [6.45, 7) is 4.46. The maximum absolute atomic E-state index is 12.3. The zero-order valence-corrected chi connectivity index (χ0v) is 11.2. The smallest absolute Gasteiger partial charge is 0.223 e. The van der Waals surface area contributed by atoms with Gasteiger partial charge in [-0.25, -0.2) is 0 Å². The lowest BCUT2D eigenvalue weighted by Crippen LogP contribution is -2.38. The molecule has 0 radical (unpaired) electrons. The van der Waals surface area contributed by atoms with Crippen LogP contribution in [-0.4, -0.2) is 22.9 Å². The van der Waals surface area contributed by atoms with Gasteiger partial charge in [-0.3, -0.25) is 4.79 Å². The van der Waals surface area contributed by atoms with Crippen molar-refractivity contribution in [2.45, 2.75) is 51.1 Å². The van der Waals surface area contributed by atoms with Crippen LogP contribution < -0.4 is 0 Å². The van der Waals surface area contributed by atoms with Crippen LogP contribution in [-0.2, 0) is 4.79 Å². The van der Waals surface area contributed by atoms with Gasteiger partial charge in [0, 0.05) is 24.4 Å². The minimum absolute atomic E-state index is 0.366. The molecule has 2 aliphatic heterocycles. The van der Waals surface area contributed by atoms with Crippen molar-refractivity contribution in [2.24, 2.45) is 5.92 Å². The van der Waals surface area contributed by atoms with Crippen LogP contribution in [0.1, 0.15) is 44.6 Å². The second kappa shape index (κ2) is 4.42. The summed E-state index contributed by atoms with van der Waals surface area (Å²) >= 11 is 0. The Morgan fingerprint density at radius 2 is 1.89 bits per heavy atom. The topological polar surface area (TPSA) is 20.3 Å². The third kappa shape index (κ3) is 1.75. The third-order valence-corrected chi connectivity index (χ3v) is 4.62. The van der Waals surface area contributed by atoms with Gasteiger partial charge in [0.1, 0.15) is 0 Å². The Morgan fingerprint density at radius 3 is 2.56 bits per heavy atom. The lowest BCUT2D eigenvalue weighted by Gasteiger charge is -2.28. The fourth-order valence-corrected chi connectivity index (χ4v) is 3.75. The van der Waals surface area contributed by atoms with Gasteiger partial charge in [0.15, 0.2) is 0 Å². The first-order chi connectivity index (χ1) is 8.68. The number of benzene rings is 1. The molecule has 0 spiro atoms. The van der Waals surface area contributed by atoms with E-state index in [4.69, 9.17) is 0 Å². The number of hydrogen-bond acceptors (Lipinski definition) is 1. The molecule has 2 heteroatoms. The van der Waals surface area contributed by atoms with Gasteiger partial charge >= 0.3 is 0 Å². The summed E-state index contributed by atoms with van der Waals surface area (Å²) in [7, 11) is 0. The second-order valence-corrected chi connectivity index (χ2v) is 5.98. The molecule has 2 saturated heterocycles. The van der Waals surface area contributed by atoms with E-state index in [1.165, 1.54) is 18.4 Å². The summed E-state index contributed by atoms with van der Waals surface area (Å²) in [6.07, 6.45) is 3.06. The molecule has 1 aromatic carbocycles. The van der Waals surface area contributed by atoms with Crippen molar-refractivity contribution in [1.29, 1.82) is 0 Å². The molecule has 1 amide bonds. The normalized spacial score (nSPS) is 31.2. The summed E-state index contributed by atoms with van der Waals surface area (Å²) in [5, 5.41) is 0. The minimum Gasteiger partial charge on any atom is -0.336 e. The van der Waals surface area contributed by atoms with E-state index in [1.54, 1.807) is 0 Å². The lowest BCUT2D eigenvalue weighted by atomic mass is 9.90. The van der Waals surface area contributed by atoms with E-state index in [-0.39, 0.29) is 0 Å². The molecule has 3 atom stereocenters. The molecule has 0 aliphatic carbocycles. The van der Waals surface area contributed by atoms with Crippen molar-refractivity contribution in [3.05, 3.63) is 35.9 Å². The molecule has 0 bridgehead atoms. The molecule has 2 nitrogen and oxygen atoms in total.